The van der Waals surface area contributed by atoms with E-state index in [1.54, 1.807) is 18.1 Å². The molecule has 3 aromatic rings. The number of imide groups is 1. The number of amides is 3. The highest BCUT2D eigenvalue weighted by Crippen LogP contribution is 2.34. The smallest absolute Gasteiger partial charge is 0.282 e. The van der Waals surface area contributed by atoms with Crippen LogP contribution in [0.3, 0.4) is 0 Å². The molecule has 4 aliphatic rings. The van der Waals surface area contributed by atoms with Crippen molar-refractivity contribution in [3.05, 3.63) is 91.3 Å². The van der Waals surface area contributed by atoms with Gasteiger partial charge in [-0.2, -0.15) is 5.10 Å². The molecule has 0 saturated carbocycles. The molecule has 246 valence electrons. The van der Waals surface area contributed by atoms with Crippen molar-refractivity contribution in [1.82, 2.24) is 29.8 Å². The van der Waals surface area contributed by atoms with Crippen LogP contribution < -0.4 is 16.2 Å². The van der Waals surface area contributed by atoms with E-state index in [2.05, 4.69) is 84.9 Å². The zero-order valence-electron chi connectivity index (χ0n) is 26.7. The zero-order chi connectivity index (χ0) is 32.8. The maximum Gasteiger partial charge on any atom is 0.282 e. The molecule has 2 aromatic carbocycles. The van der Waals surface area contributed by atoms with Crippen molar-refractivity contribution >= 4 is 39.3 Å². The fourth-order valence-electron chi connectivity index (χ4n) is 7.75. The SMILES string of the molecule is CN1C[C@H](Nc2cnn(C)c(=O)c2Br)C[C@H](c2ccc(CN3CCC(c4ccc5c(c4)CN(C4CCC(=O)NC4=O)C5=O)C3)cc2)C1. The van der Waals surface area contributed by atoms with E-state index in [1.165, 1.54) is 21.4 Å². The summed E-state index contributed by atoms with van der Waals surface area (Å²) in [6.45, 7) is 5.15. The molecule has 0 radical (unpaired) electrons. The number of anilines is 1. The van der Waals surface area contributed by atoms with Gasteiger partial charge in [0.15, 0.2) is 0 Å². The zero-order valence-corrected chi connectivity index (χ0v) is 28.3. The number of piperidine rings is 2. The topological polar surface area (TPSA) is 120 Å². The number of rotatable bonds is 7. The van der Waals surface area contributed by atoms with Gasteiger partial charge >= 0.3 is 0 Å². The highest BCUT2D eigenvalue weighted by molar-refractivity contribution is 9.10. The van der Waals surface area contributed by atoms with Crippen LogP contribution in [0.5, 0.6) is 0 Å². The maximum atomic E-state index is 13.1. The van der Waals surface area contributed by atoms with E-state index in [4.69, 9.17) is 0 Å². The van der Waals surface area contributed by atoms with Crippen LogP contribution in [-0.2, 0) is 29.7 Å². The third-order valence-corrected chi connectivity index (χ3v) is 11.0. The largest absolute Gasteiger partial charge is 0.379 e. The first-order chi connectivity index (χ1) is 22.6. The van der Waals surface area contributed by atoms with Gasteiger partial charge in [-0.3, -0.25) is 29.4 Å². The minimum atomic E-state index is -0.590. The molecular formula is C35H40BrN7O4. The standard InChI is InChI=1S/C35H40BrN7O4/c1-40-17-25(14-27(20-40)38-29-15-37-41(2)35(47)32(29)36)22-5-3-21(4-6-22)16-42-12-11-24(18-42)23-7-8-28-26(13-23)19-43(34(28)46)30-9-10-31(44)39-33(30)45/h3-8,13,15,24-25,27,30,38H,9-12,14,16-20H2,1-2H3,(H,39,44,45)/t24?,25-,27+,30?/m0/s1. The van der Waals surface area contributed by atoms with E-state index in [9.17, 15) is 19.2 Å². The Balaban J connectivity index is 0.949. The van der Waals surface area contributed by atoms with Crippen LogP contribution in [0.25, 0.3) is 0 Å². The number of halogens is 1. The number of aryl methyl sites for hydroxylation is 1. The Bertz CT molecular complexity index is 1780. The van der Waals surface area contributed by atoms with E-state index < -0.39 is 6.04 Å². The lowest BCUT2D eigenvalue weighted by Crippen LogP contribution is -2.52. The maximum absolute atomic E-state index is 13.1. The lowest BCUT2D eigenvalue weighted by molar-refractivity contribution is -0.136. The number of carbonyl (C=O) groups excluding carboxylic acids is 3. The van der Waals surface area contributed by atoms with Gasteiger partial charge in [-0.05, 0) is 88.9 Å². The molecule has 11 nitrogen and oxygen atoms in total. The molecule has 3 fully saturated rings. The number of benzene rings is 2. The number of hydrogen-bond donors (Lipinski definition) is 2. The van der Waals surface area contributed by atoms with E-state index in [0.29, 0.717) is 34.8 Å². The van der Waals surface area contributed by atoms with Crippen LogP contribution in [0.4, 0.5) is 5.69 Å². The van der Waals surface area contributed by atoms with E-state index >= 15 is 0 Å². The molecule has 12 heteroatoms. The molecule has 2 unspecified atom stereocenters. The summed E-state index contributed by atoms with van der Waals surface area (Å²) in [6.07, 6.45) is 4.36. The van der Waals surface area contributed by atoms with Gasteiger partial charge in [0, 0.05) is 57.8 Å². The summed E-state index contributed by atoms with van der Waals surface area (Å²) in [5, 5.41) is 10.1. The summed E-state index contributed by atoms with van der Waals surface area (Å²) >= 11 is 3.44. The third-order valence-electron chi connectivity index (χ3n) is 10.2. The molecule has 2 N–H and O–H groups in total. The van der Waals surface area contributed by atoms with Gasteiger partial charge in [0.1, 0.15) is 10.5 Å². The molecule has 4 aliphatic heterocycles. The first kappa shape index (κ1) is 31.7. The average molecular weight is 703 g/mol. The van der Waals surface area contributed by atoms with E-state index in [-0.39, 0.29) is 35.7 Å². The predicted molar refractivity (Wildman–Crippen MR) is 181 cm³/mol. The van der Waals surface area contributed by atoms with Crippen molar-refractivity contribution in [3.63, 3.8) is 0 Å². The van der Waals surface area contributed by atoms with Crippen molar-refractivity contribution in [2.75, 3.05) is 38.5 Å². The average Bonchev–Trinajstić information content (AvgIpc) is 3.65. The number of nitrogens with one attached hydrogen (secondary N) is 2. The molecule has 3 amide bonds. The molecule has 47 heavy (non-hydrogen) atoms. The van der Waals surface area contributed by atoms with Crippen LogP contribution in [-0.4, -0.2) is 87.5 Å². The van der Waals surface area contributed by atoms with Crippen molar-refractivity contribution in [2.24, 2.45) is 7.05 Å². The van der Waals surface area contributed by atoms with Crippen LogP contribution in [0.15, 0.2) is 57.9 Å². The van der Waals surface area contributed by atoms with Crippen molar-refractivity contribution < 1.29 is 14.4 Å². The fourth-order valence-corrected chi connectivity index (χ4v) is 8.22. The minimum Gasteiger partial charge on any atom is -0.379 e. The van der Waals surface area contributed by atoms with Gasteiger partial charge in [0.05, 0.1) is 11.9 Å². The number of fused-ring (bicyclic) bond motifs is 1. The highest BCUT2D eigenvalue weighted by atomic mass is 79.9. The number of likely N-dealkylation sites (tertiary alicyclic amines) is 2. The molecule has 4 atom stereocenters. The minimum absolute atomic E-state index is 0.127. The number of likely N-dealkylation sites (N-methyl/N-ethyl adjacent to an activating group) is 1. The van der Waals surface area contributed by atoms with E-state index in [0.717, 1.165) is 56.8 Å². The number of carbonyl (C=O) groups is 3. The second-order valence-electron chi connectivity index (χ2n) is 13.6. The van der Waals surface area contributed by atoms with Crippen molar-refractivity contribution in [3.8, 4) is 0 Å². The Morgan fingerprint density at radius 1 is 0.957 bits per heavy atom. The van der Waals surface area contributed by atoms with Gasteiger partial charge < -0.3 is 15.1 Å². The van der Waals surface area contributed by atoms with Gasteiger partial charge in [-0.25, -0.2) is 4.68 Å². The molecule has 5 heterocycles. The third kappa shape index (κ3) is 6.50. The van der Waals surface area contributed by atoms with Crippen LogP contribution >= 0.6 is 15.9 Å². The molecular weight excluding hydrogens is 662 g/mol. The summed E-state index contributed by atoms with van der Waals surface area (Å²) in [4.78, 5) is 55.9. The molecule has 0 aliphatic carbocycles. The van der Waals surface area contributed by atoms with Gasteiger partial charge in [0.25, 0.3) is 11.5 Å². The van der Waals surface area contributed by atoms with Crippen molar-refractivity contribution in [2.45, 2.75) is 62.7 Å². The summed E-state index contributed by atoms with van der Waals surface area (Å²) in [7, 11) is 3.79. The van der Waals surface area contributed by atoms with E-state index in [1.807, 2.05) is 6.07 Å². The van der Waals surface area contributed by atoms with Crippen molar-refractivity contribution in [1.29, 1.82) is 0 Å². The Kier molecular flexibility index (Phi) is 8.75. The molecule has 1 aromatic heterocycles. The lowest BCUT2D eigenvalue weighted by Gasteiger charge is -2.37. The Labute approximate surface area is 282 Å². The predicted octanol–water partition coefficient (Wildman–Crippen LogP) is 3.19. The van der Waals surface area contributed by atoms with Gasteiger partial charge in [-0.1, -0.05) is 36.4 Å². The molecule has 0 bridgehead atoms. The number of hydrogen-bond acceptors (Lipinski definition) is 8. The quantitative estimate of drug-likeness (QED) is 0.361. The summed E-state index contributed by atoms with van der Waals surface area (Å²) in [5.41, 5.74) is 6.06. The lowest BCUT2D eigenvalue weighted by atomic mass is 9.87. The highest BCUT2D eigenvalue weighted by Gasteiger charge is 2.39. The first-order valence-electron chi connectivity index (χ1n) is 16.4. The number of nitrogens with zero attached hydrogens (tertiary/aromatic N) is 5. The summed E-state index contributed by atoms with van der Waals surface area (Å²) in [6, 6.07) is 14.8. The Morgan fingerprint density at radius 2 is 1.74 bits per heavy atom. The van der Waals surface area contributed by atoms with Gasteiger partial charge in [0.2, 0.25) is 11.8 Å². The summed E-state index contributed by atoms with van der Waals surface area (Å²) in [5.74, 6) is -0.00557. The second kappa shape index (κ2) is 13.0. The molecule has 7 rings (SSSR count). The Morgan fingerprint density at radius 3 is 2.53 bits per heavy atom. The molecule has 3 saturated heterocycles. The fraction of sp³-hybridized carbons (Fsp3) is 0.457. The van der Waals surface area contributed by atoms with Crippen LogP contribution in [0, 0.1) is 0 Å². The molecule has 0 spiro atoms. The summed E-state index contributed by atoms with van der Waals surface area (Å²) < 4.78 is 1.83. The Hall–Kier alpha value is -3.87. The van der Waals surface area contributed by atoms with Crippen LogP contribution in [0.2, 0.25) is 0 Å². The number of aromatic nitrogens is 2. The second-order valence-corrected chi connectivity index (χ2v) is 14.4. The monoisotopic (exact) mass is 701 g/mol. The first-order valence-corrected chi connectivity index (χ1v) is 17.2. The van der Waals surface area contributed by atoms with Gasteiger partial charge in [-0.15, -0.1) is 0 Å². The van der Waals surface area contributed by atoms with Crippen LogP contribution in [0.1, 0.15) is 70.1 Å². The normalized spacial score (nSPS) is 25.3.